The molecule has 0 spiro atoms. The number of hydrogen-bond donors (Lipinski definition) is 0. The summed E-state index contributed by atoms with van der Waals surface area (Å²) in [6.45, 7) is 2.14. The van der Waals surface area contributed by atoms with Crippen LogP contribution in [-0.4, -0.2) is 0 Å². The molecule has 0 fully saturated rings. The molecule has 0 aromatic heterocycles. The molecule has 0 radical (unpaired) electrons. The molecule has 0 heterocycles. The third kappa shape index (κ3) is 7.45. The van der Waals surface area contributed by atoms with E-state index in [2.05, 4.69) is 231 Å². The largest absolute Gasteiger partial charge is 0.0622 e. The fraction of sp³-hybridized carbons (Fsp3) is 0.0182. The zero-order valence-corrected chi connectivity index (χ0v) is 30.9. The van der Waals surface area contributed by atoms with Crippen molar-refractivity contribution in [3.05, 3.63) is 230 Å². The fourth-order valence-electron chi connectivity index (χ4n) is 7.53. The van der Waals surface area contributed by atoms with Crippen molar-refractivity contribution in [2.24, 2.45) is 0 Å². The van der Waals surface area contributed by atoms with E-state index in [0.717, 1.165) is 0 Å². The molecular weight excluding hydrogens is 661 g/mol. The van der Waals surface area contributed by atoms with Crippen molar-refractivity contribution in [2.75, 3.05) is 0 Å². The highest BCUT2D eigenvalue weighted by Crippen LogP contribution is 2.34. The minimum absolute atomic E-state index is 1.20. The highest BCUT2D eigenvalue weighted by molar-refractivity contribution is 5.81. The van der Waals surface area contributed by atoms with Crippen LogP contribution in [0.15, 0.2) is 224 Å². The summed E-state index contributed by atoms with van der Waals surface area (Å²) in [5.74, 6) is 0. The predicted molar refractivity (Wildman–Crippen MR) is 235 cm³/mol. The van der Waals surface area contributed by atoms with Crippen molar-refractivity contribution in [1.29, 1.82) is 0 Å². The first-order valence-corrected chi connectivity index (χ1v) is 19.0. The molecule has 9 aromatic rings. The first-order chi connectivity index (χ1) is 27.1. The summed E-state index contributed by atoms with van der Waals surface area (Å²) in [5, 5.41) is 0. The first-order valence-electron chi connectivity index (χ1n) is 19.0. The van der Waals surface area contributed by atoms with E-state index in [4.69, 9.17) is 0 Å². The van der Waals surface area contributed by atoms with Gasteiger partial charge in [-0.05, 0) is 120 Å². The minimum atomic E-state index is 1.20. The van der Waals surface area contributed by atoms with Crippen LogP contribution in [0.5, 0.6) is 0 Å². The van der Waals surface area contributed by atoms with E-state index in [1.165, 1.54) is 94.6 Å². The molecule has 0 aliphatic heterocycles. The van der Waals surface area contributed by atoms with Gasteiger partial charge in [-0.1, -0.05) is 206 Å². The first kappa shape index (κ1) is 33.8. The predicted octanol–water partition coefficient (Wildman–Crippen LogP) is 15.3. The van der Waals surface area contributed by atoms with Gasteiger partial charge in [0.2, 0.25) is 0 Å². The molecule has 55 heavy (non-hydrogen) atoms. The van der Waals surface area contributed by atoms with Gasteiger partial charge >= 0.3 is 0 Å². The second-order valence-corrected chi connectivity index (χ2v) is 14.3. The van der Waals surface area contributed by atoms with Gasteiger partial charge in [-0.25, -0.2) is 0 Å². The topological polar surface area (TPSA) is 0 Å². The van der Waals surface area contributed by atoms with E-state index in [9.17, 15) is 0 Å². The summed E-state index contributed by atoms with van der Waals surface area (Å²) >= 11 is 0. The van der Waals surface area contributed by atoms with E-state index < -0.39 is 0 Å². The lowest BCUT2D eigenvalue weighted by Gasteiger charge is -2.11. The second kappa shape index (κ2) is 15.1. The van der Waals surface area contributed by atoms with Crippen LogP contribution in [0, 0.1) is 6.92 Å². The average Bonchev–Trinajstić information content (AvgIpc) is 3.27. The van der Waals surface area contributed by atoms with Crippen LogP contribution in [0.3, 0.4) is 0 Å². The molecule has 0 unspecified atom stereocenters. The van der Waals surface area contributed by atoms with Crippen molar-refractivity contribution in [1.82, 2.24) is 0 Å². The lowest BCUT2D eigenvalue weighted by atomic mass is 9.94. The fourth-order valence-corrected chi connectivity index (χ4v) is 7.53. The van der Waals surface area contributed by atoms with Crippen molar-refractivity contribution >= 4 is 0 Å². The Kier molecular flexibility index (Phi) is 9.31. The van der Waals surface area contributed by atoms with E-state index in [-0.39, 0.29) is 0 Å². The Morgan fingerprint density at radius 3 is 0.655 bits per heavy atom. The van der Waals surface area contributed by atoms with Crippen LogP contribution >= 0.6 is 0 Å². The van der Waals surface area contributed by atoms with Gasteiger partial charge in [-0.2, -0.15) is 0 Å². The Morgan fingerprint density at radius 2 is 0.364 bits per heavy atom. The van der Waals surface area contributed by atoms with Crippen molar-refractivity contribution in [2.45, 2.75) is 6.92 Å². The summed E-state index contributed by atoms with van der Waals surface area (Å²) in [4.78, 5) is 0. The Hall–Kier alpha value is -7.02. The summed E-state index contributed by atoms with van der Waals surface area (Å²) in [6.07, 6.45) is 0. The number of rotatable bonds is 8. The normalized spacial score (nSPS) is 11.0. The molecule has 260 valence electrons. The van der Waals surface area contributed by atoms with Gasteiger partial charge in [0.05, 0.1) is 0 Å². The standard InChI is InChI=1S/C55H40/c1-39-10-5-13-47(34-39)42-26-28-44(29-27-42)49-15-7-19-53(36-49)55-21-9-17-51(38-55)46-32-30-45(31-33-46)50-16-8-20-54(37-50)52-18-6-14-48(35-52)43-24-22-41(23-25-43)40-11-3-2-4-12-40/h2-38H,1H3. The van der Waals surface area contributed by atoms with E-state index in [1.807, 2.05) is 0 Å². The average molecular weight is 701 g/mol. The molecule has 0 bridgehead atoms. The number of aryl methyl sites for hydroxylation is 1. The smallest absolute Gasteiger partial charge is 0.0178 e. The monoisotopic (exact) mass is 700 g/mol. The maximum Gasteiger partial charge on any atom is -0.0178 e. The molecule has 0 aliphatic rings. The SMILES string of the molecule is Cc1cccc(-c2ccc(-c3cccc(-c4cccc(-c5ccc(-c6cccc(-c7cccc(-c8ccc(-c9ccccc9)cc8)c7)c6)cc5)c4)c3)cc2)c1. The molecule has 0 atom stereocenters. The van der Waals surface area contributed by atoms with Gasteiger partial charge in [0.1, 0.15) is 0 Å². The molecule has 0 N–H and O–H groups in total. The van der Waals surface area contributed by atoms with Crippen LogP contribution in [-0.2, 0) is 0 Å². The van der Waals surface area contributed by atoms with E-state index in [1.54, 1.807) is 0 Å². The molecule has 0 saturated carbocycles. The highest BCUT2D eigenvalue weighted by atomic mass is 14.1. The van der Waals surface area contributed by atoms with E-state index in [0.29, 0.717) is 0 Å². The van der Waals surface area contributed by atoms with Gasteiger partial charge in [-0.15, -0.1) is 0 Å². The Morgan fingerprint density at radius 1 is 0.164 bits per heavy atom. The maximum atomic E-state index is 2.30. The number of hydrogen-bond acceptors (Lipinski definition) is 0. The zero-order valence-electron chi connectivity index (χ0n) is 30.9. The Balaban J connectivity index is 0.922. The molecule has 0 nitrogen and oxygen atoms in total. The quantitative estimate of drug-likeness (QED) is 0.148. The van der Waals surface area contributed by atoms with Crippen LogP contribution in [0.25, 0.3) is 89.0 Å². The lowest BCUT2D eigenvalue weighted by Crippen LogP contribution is -1.85. The summed E-state index contributed by atoms with van der Waals surface area (Å²) < 4.78 is 0. The van der Waals surface area contributed by atoms with Crippen LogP contribution < -0.4 is 0 Å². The summed E-state index contributed by atoms with van der Waals surface area (Å²) in [6, 6.07) is 81.4. The number of benzene rings is 9. The molecule has 9 aromatic carbocycles. The molecule has 9 rings (SSSR count). The van der Waals surface area contributed by atoms with Gasteiger partial charge in [0.25, 0.3) is 0 Å². The molecule has 0 amide bonds. The molecular formula is C55H40. The van der Waals surface area contributed by atoms with Gasteiger partial charge in [0.15, 0.2) is 0 Å². The maximum absolute atomic E-state index is 2.30. The second-order valence-electron chi connectivity index (χ2n) is 14.3. The van der Waals surface area contributed by atoms with Crippen LogP contribution in [0.1, 0.15) is 5.56 Å². The highest BCUT2D eigenvalue weighted by Gasteiger charge is 2.08. The summed E-state index contributed by atoms with van der Waals surface area (Å²) in [7, 11) is 0. The van der Waals surface area contributed by atoms with E-state index >= 15 is 0 Å². The van der Waals surface area contributed by atoms with Crippen LogP contribution in [0.2, 0.25) is 0 Å². The van der Waals surface area contributed by atoms with Gasteiger partial charge in [-0.3, -0.25) is 0 Å². The van der Waals surface area contributed by atoms with Crippen molar-refractivity contribution in [3.8, 4) is 89.0 Å². The molecule has 0 heteroatoms. The third-order valence-corrected chi connectivity index (χ3v) is 10.6. The van der Waals surface area contributed by atoms with Crippen LogP contribution in [0.4, 0.5) is 0 Å². The van der Waals surface area contributed by atoms with Crippen molar-refractivity contribution in [3.63, 3.8) is 0 Å². The van der Waals surface area contributed by atoms with Gasteiger partial charge < -0.3 is 0 Å². The lowest BCUT2D eigenvalue weighted by molar-refractivity contribution is 1.47. The molecule has 0 aliphatic carbocycles. The van der Waals surface area contributed by atoms with Gasteiger partial charge in [0, 0.05) is 0 Å². The summed E-state index contributed by atoms with van der Waals surface area (Å²) in [5.41, 5.74) is 20.8. The zero-order chi connectivity index (χ0) is 37.0. The Bertz CT molecular complexity index is 2720. The molecule has 0 saturated heterocycles. The third-order valence-electron chi connectivity index (χ3n) is 10.6. The van der Waals surface area contributed by atoms with Crippen molar-refractivity contribution < 1.29 is 0 Å². The Labute approximate surface area is 324 Å². The minimum Gasteiger partial charge on any atom is -0.0622 e.